The number of hydrogen-bond donors (Lipinski definition) is 0. The van der Waals surface area contributed by atoms with E-state index in [4.69, 9.17) is 4.98 Å². The summed E-state index contributed by atoms with van der Waals surface area (Å²) >= 11 is 0. The largest absolute Gasteiger partial charge is 0.347 e. The lowest BCUT2D eigenvalue weighted by Crippen LogP contribution is -2.29. The molecule has 1 fully saturated rings. The molecule has 1 aliphatic carbocycles. The van der Waals surface area contributed by atoms with Gasteiger partial charge in [-0.1, -0.05) is 0 Å². The van der Waals surface area contributed by atoms with Crippen LogP contribution in [0.15, 0.2) is 6.20 Å². The Morgan fingerprint density at radius 2 is 2.11 bits per heavy atom. The molecule has 4 heteroatoms. The topological polar surface area (TPSA) is 32.3 Å². The van der Waals surface area contributed by atoms with Gasteiger partial charge in [0.1, 0.15) is 0 Å². The van der Waals surface area contributed by atoms with Gasteiger partial charge in [-0.2, -0.15) is 0 Å². The van der Waals surface area contributed by atoms with Crippen molar-refractivity contribution in [1.29, 1.82) is 0 Å². The molecule has 0 N–H and O–H groups in total. The van der Waals surface area contributed by atoms with Crippen LogP contribution in [0.5, 0.6) is 0 Å². The minimum absolute atomic E-state index is 0.654. The van der Waals surface area contributed by atoms with Gasteiger partial charge in [0.15, 0.2) is 0 Å². The third kappa shape index (κ3) is 1.79. The van der Waals surface area contributed by atoms with Crippen molar-refractivity contribution >= 4 is 5.95 Å². The average Bonchev–Trinajstić information content (AvgIpc) is 2.84. The van der Waals surface area contributed by atoms with Crippen molar-refractivity contribution < 1.29 is 0 Å². The van der Waals surface area contributed by atoms with E-state index in [-0.39, 0.29) is 0 Å². The maximum Gasteiger partial charge on any atom is 0.224 e. The fraction of sp³-hybridized carbons (Fsp3) is 0.714. The van der Waals surface area contributed by atoms with Crippen LogP contribution in [-0.4, -0.2) is 48.1 Å². The number of fused-ring (bicyclic) bond motifs is 3. The van der Waals surface area contributed by atoms with E-state index in [0.29, 0.717) is 12.0 Å². The molecule has 2 atom stereocenters. The molecular weight excluding hydrogens is 224 g/mol. The van der Waals surface area contributed by atoms with Gasteiger partial charge in [0.2, 0.25) is 5.95 Å². The molecule has 0 saturated carbocycles. The highest BCUT2D eigenvalue weighted by molar-refractivity contribution is 5.37. The predicted molar refractivity (Wildman–Crippen MR) is 73.0 cm³/mol. The zero-order valence-electron chi connectivity index (χ0n) is 11.7. The summed E-state index contributed by atoms with van der Waals surface area (Å²) in [6, 6.07) is 0.654. The average molecular weight is 246 g/mol. The summed E-state index contributed by atoms with van der Waals surface area (Å²) in [4.78, 5) is 13.7. The van der Waals surface area contributed by atoms with E-state index >= 15 is 0 Å². The molecule has 4 nitrogen and oxygen atoms in total. The van der Waals surface area contributed by atoms with Crippen molar-refractivity contribution in [1.82, 2.24) is 14.9 Å². The molecule has 98 valence electrons. The Bertz CT molecular complexity index is 455. The van der Waals surface area contributed by atoms with Crippen molar-refractivity contribution in [2.24, 2.45) is 5.92 Å². The lowest BCUT2D eigenvalue weighted by Gasteiger charge is -2.21. The summed E-state index contributed by atoms with van der Waals surface area (Å²) < 4.78 is 0. The molecule has 2 aliphatic rings. The summed E-state index contributed by atoms with van der Waals surface area (Å²) in [5, 5.41) is 0. The summed E-state index contributed by atoms with van der Waals surface area (Å²) in [6.07, 6.45) is 3.19. The van der Waals surface area contributed by atoms with Gasteiger partial charge in [-0.3, -0.25) is 0 Å². The first-order chi connectivity index (χ1) is 8.56. The van der Waals surface area contributed by atoms with Crippen LogP contribution < -0.4 is 4.90 Å². The Hall–Kier alpha value is -1.16. The smallest absolute Gasteiger partial charge is 0.224 e. The summed E-state index contributed by atoms with van der Waals surface area (Å²) in [6.45, 7) is 6.97. The Balaban J connectivity index is 1.86. The van der Waals surface area contributed by atoms with Gasteiger partial charge in [0.05, 0.1) is 0 Å². The van der Waals surface area contributed by atoms with E-state index in [9.17, 15) is 0 Å². The van der Waals surface area contributed by atoms with Gasteiger partial charge >= 0.3 is 0 Å². The number of aromatic nitrogens is 2. The van der Waals surface area contributed by atoms with Gasteiger partial charge in [0, 0.05) is 51.0 Å². The van der Waals surface area contributed by atoms with E-state index in [1.165, 1.54) is 24.3 Å². The van der Waals surface area contributed by atoms with Gasteiger partial charge in [0.25, 0.3) is 0 Å². The lowest BCUT2D eigenvalue weighted by molar-refractivity contribution is 0.262. The first-order valence-corrected chi connectivity index (χ1v) is 6.83. The molecule has 0 bridgehead atoms. The van der Waals surface area contributed by atoms with Gasteiger partial charge in [-0.25, -0.2) is 9.97 Å². The highest BCUT2D eigenvalue weighted by atomic mass is 15.2. The van der Waals surface area contributed by atoms with Crippen LogP contribution in [0.3, 0.4) is 0 Å². The minimum atomic E-state index is 0.654. The molecule has 3 rings (SSSR count). The standard InChI is InChI=1S/C14H22N4/c1-9(2)18-7-10-5-13-11(12(10)8-18)6-15-14(16-13)17(3)4/h6,9-10,12H,5,7-8H2,1-4H3/t10-,12-/m0/s1. The van der Waals surface area contributed by atoms with Crippen molar-refractivity contribution in [2.45, 2.75) is 32.2 Å². The molecule has 1 aromatic rings. The molecular formula is C14H22N4. The first kappa shape index (κ1) is 11.9. The normalized spacial score (nSPS) is 26.5. The molecule has 0 unspecified atom stereocenters. The van der Waals surface area contributed by atoms with Crippen LogP contribution in [0.4, 0.5) is 5.95 Å². The monoisotopic (exact) mass is 246 g/mol. The van der Waals surface area contributed by atoms with E-state index in [2.05, 4.69) is 29.9 Å². The zero-order chi connectivity index (χ0) is 12.9. The minimum Gasteiger partial charge on any atom is -0.347 e. The maximum atomic E-state index is 4.70. The molecule has 1 aliphatic heterocycles. The van der Waals surface area contributed by atoms with E-state index in [1.807, 2.05) is 19.0 Å². The number of anilines is 1. The Kier molecular flexibility index (Phi) is 2.77. The summed E-state index contributed by atoms with van der Waals surface area (Å²) in [5.74, 6) is 2.27. The lowest BCUT2D eigenvalue weighted by atomic mass is 9.98. The zero-order valence-corrected chi connectivity index (χ0v) is 11.7. The van der Waals surface area contributed by atoms with Crippen LogP contribution in [0, 0.1) is 5.92 Å². The third-order valence-corrected chi connectivity index (χ3v) is 4.34. The molecule has 0 radical (unpaired) electrons. The fourth-order valence-electron chi connectivity index (χ4n) is 3.24. The third-order valence-electron chi connectivity index (χ3n) is 4.34. The number of nitrogens with zero attached hydrogens (tertiary/aromatic N) is 4. The molecule has 1 aromatic heterocycles. The van der Waals surface area contributed by atoms with E-state index in [1.54, 1.807) is 0 Å². The van der Waals surface area contributed by atoms with Gasteiger partial charge in [-0.05, 0) is 31.7 Å². The number of likely N-dealkylation sites (tertiary alicyclic amines) is 1. The maximum absolute atomic E-state index is 4.70. The van der Waals surface area contributed by atoms with Crippen molar-refractivity contribution in [3.63, 3.8) is 0 Å². The summed E-state index contributed by atoms with van der Waals surface area (Å²) in [5.41, 5.74) is 2.68. The van der Waals surface area contributed by atoms with Crippen LogP contribution >= 0.6 is 0 Å². The van der Waals surface area contributed by atoms with Crippen LogP contribution in [0.1, 0.15) is 31.0 Å². The highest BCUT2D eigenvalue weighted by Gasteiger charge is 2.41. The first-order valence-electron chi connectivity index (χ1n) is 6.83. The number of hydrogen-bond acceptors (Lipinski definition) is 4. The van der Waals surface area contributed by atoms with E-state index in [0.717, 1.165) is 18.3 Å². The second kappa shape index (κ2) is 4.19. The van der Waals surface area contributed by atoms with Crippen LogP contribution in [-0.2, 0) is 6.42 Å². The van der Waals surface area contributed by atoms with Crippen LogP contribution in [0.2, 0.25) is 0 Å². The molecule has 18 heavy (non-hydrogen) atoms. The van der Waals surface area contributed by atoms with Crippen molar-refractivity contribution in [3.05, 3.63) is 17.5 Å². The number of rotatable bonds is 2. The van der Waals surface area contributed by atoms with Crippen molar-refractivity contribution in [2.75, 3.05) is 32.1 Å². The molecule has 0 spiro atoms. The van der Waals surface area contributed by atoms with Gasteiger partial charge in [-0.15, -0.1) is 0 Å². The fourth-order valence-corrected chi connectivity index (χ4v) is 3.24. The van der Waals surface area contributed by atoms with E-state index < -0.39 is 0 Å². The Labute approximate surface area is 109 Å². The van der Waals surface area contributed by atoms with Crippen molar-refractivity contribution in [3.8, 4) is 0 Å². The second-order valence-electron chi connectivity index (χ2n) is 6.08. The quantitative estimate of drug-likeness (QED) is 0.792. The van der Waals surface area contributed by atoms with Gasteiger partial charge < -0.3 is 9.80 Å². The highest BCUT2D eigenvalue weighted by Crippen LogP contribution is 2.42. The second-order valence-corrected chi connectivity index (χ2v) is 6.08. The van der Waals surface area contributed by atoms with Crippen LogP contribution in [0.25, 0.3) is 0 Å². The molecule has 0 aromatic carbocycles. The predicted octanol–water partition coefficient (Wildman–Crippen LogP) is 1.52. The SMILES string of the molecule is CC(C)N1C[C@@H]2Cc3nc(N(C)C)ncc3[C@H]2C1. The Morgan fingerprint density at radius 3 is 2.78 bits per heavy atom. The molecule has 2 heterocycles. The molecule has 0 amide bonds. The molecule has 1 saturated heterocycles. The Morgan fingerprint density at radius 1 is 1.33 bits per heavy atom. The summed E-state index contributed by atoms with van der Waals surface area (Å²) in [7, 11) is 4.00.